The molecule has 0 aliphatic rings. The second-order valence-electron chi connectivity index (χ2n) is 3.96. The normalized spacial score (nSPS) is 11.6. The van der Waals surface area contributed by atoms with E-state index in [1.165, 1.54) is 5.56 Å². The highest BCUT2D eigenvalue weighted by molar-refractivity contribution is 6.18. The van der Waals surface area contributed by atoms with E-state index < -0.39 is 0 Å². The van der Waals surface area contributed by atoms with Gasteiger partial charge in [-0.1, -0.05) is 44.2 Å². The molecule has 12 heavy (non-hydrogen) atoms. The molecule has 0 spiro atoms. The number of rotatable bonds is 3. The van der Waals surface area contributed by atoms with Crippen LogP contribution in [-0.4, -0.2) is 5.88 Å². The van der Waals surface area contributed by atoms with Gasteiger partial charge in [0.2, 0.25) is 0 Å². The third-order valence-corrected chi connectivity index (χ3v) is 2.61. The number of benzene rings is 1. The molecule has 0 saturated heterocycles. The summed E-state index contributed by atoms with van der Waals surface area (Å²) in [6.45, 7) is 4.38. The number of hydrogen-bond acceptors (Lipinski definition) is 0. The first kappa shape index (κ1) is 9.60. The van der Waals surface area contributed by atoms with E-state index in [0.717, 1.165) is 6.42 Å². The van der Waals surface area contributed by atoms with Gasteiger partial charge in [-0.2, -0.15) is 0 Å². The Balaban J connectivity index is 2.64. The fourth-order valence-electron chi connectivity index (χ4n) is 1.20. The Bertz CT molecular complexity index is 226. The molecule has 0 aromatic heterocycles. The van der Waals surface area contributed by atoms with Crippen LogP contribution in [0.15, 0.2) is 30.3 Å². The first-order valence-corrected chi connectivity index (χ1v) is 4.77. The van der Waals surface area contributed by atoms with Crippen LogP contribution in [-0.2, 0) is 6.42 Å². The van der Waals surface area contributed by atoms with Crippen LogP contribution in [0, 0.1) is 5.41 Å². The van der Waals surface area contributed by atoms with Gasteiger partial charge in [0, 0.05) is 5.88 Å². The number of hydrogen-bond donors (Lipinski definition) is 0. The van der Waals surface area contributed by atoms with E-state index in [4.69, 9.17) is 11.6 Å². The highest BCUT2D eigenvalue weighted by Gasteiger charge is 2.16. The van der Waals surface area contributed by atoms with Gasteiger partial charge in [0.1, 0.15) is 0 Å². The SMILES string of the molecule is CC(C)(CCl)Cc1ccccc1. The first-order valence-electron chi connectivity index (χ1n) is 4.24. The molecule has 0 fully saturated rings. The molecular weight excluding hydrogens is 168 g/mol. The van der Waals surface area contributed by atoms with Crippen molar-refractivity contribution in [1.82, 2.24) is 0 Å². The maximum atomic E-state index is 5.84. The molecule has 1 aromatic carbocycles. The van der Waals surface area contributed by atoms with Crippen LogP contribution in [0.25, 0.3) is 0 Å². The molecule has 0 nitrogen and oxygen atoms in total. The van der Waals surface area contributed by atoms with Gasteiger partial charge >= 0.3 is 0 Å². The monoisotopic (exact) mass is 182 g/mol. The summed E-state index contributed by atoms with van der Waals surface area (Å²) in [7, 11) is 0. The van der Waals surface area contributed by atoms with Crippen LogP contribution in [0.1, 0.15) is 19.4 Å². The van der Waals surface area contributed by atoms with Crippen molar-refractivity contribution in [1.29, 1.82) is 0 Å². The van der Waals surface area contributed by atoms with E-state index in [2.05, 4.69) is 38.1 Å². The lowest BCUT2D eigenvalue weighted by molar-refractivity contribution is 0.418. The summed E-state index contributed by atoms with van der Waals surface area (Å²) in [4.78, 5) is 0. The van der Waals surface area contributed by atoms with Crippen LogP contribution >= 0.6 is 11.6 Å². The third-order valence-electron chi connectivity index (χ3n) is 1.89. The Kier molecular flexibility index (Phi) is 3.16. The van der Waals surface area contributed by atoms with Crippen molar-refractivity contribution in [3.05, 3.63) is 35.9 Å². The van der Waals surface area contributed by atoms with Gasteiger partial charge in [-0.25, -0.2) is 0 Å². The third kappa shape index (κ3) is 2.86. The van der Waals surface area contributed by atoms with E-state index in [1.807, 2.05) is 6.07 Å². The van der Waals surface area contributed by atoms with E-state index in [1.54, 1.807) is 0 Å². The minimum absolute atomic E-state index is 0.211. The summed E-state index contributed by atoms with van der Waals surface area (Å²) in [5.74, 6) is 0.710. The van der Waals surface area contributed by atoms with Crippen LogP contribution in [0.4, 0.5) is 0 Å². The lowest BCUT2D eigenvalue weighted by atomic mass is 9.88. The predicted octanol–water partition coefficient (Wildman–Crippen LogP) is 3.49. The maximum Gasteiger partial charge on any atom is 0.0277 e. The summed E-state index contributed by atoms with van der Waals surface area (Å²) in [6.07, 6.45) is 1.05. The average molecular weight is 183 g/mol. The maximum absolute atomic E-state index is 5.84. The molecule has 0 heterocycles. The second kappa shape index (κ2) is 3.95. The van der Waals surface area contributed by atoms with Crippen molar-refractivity contribution in [2.45, 2.75) is 20.3 Å². The molecule has 0 unspecified atom stereocenters. The van der Waals surface area contributed by atoms with Crippen LogP contribution in [0.3, 0.4) is 0 Å². The second-order valence-corrected chi connectivity index (χ2v) is 4.23. The Hall–Kier alpha value is -0.490. The van der Waals surface area contributed by atoms with Gasteiger partial charge in [-0.3, -0.25) is 0 Å². The topological polar surface area (TPSA) is 0 Å². The molecule has 66 valence electrons. The number of halogens is 1. The lowest BCUT2D eigenvalue weighted by Gasteiger charge is -2.20. The molecule has 1 rings (SSSR count). The zero-order chi connectivity index (χ0) is 9.03. The van der Waals surface area contributed by atoms with Gasteiger partial charge in [0.15, 0.2) is 0 Å². The Morgan fingerprint density at radius 2 is 1.75 bits per heavy atom. The first-order chi connectivity index (χ1) is 5.64. The molecular formula is C11H15Cl. The molecule has 0 radical (unpaired) electrons. The smallest absolute Gasteiger partial charge is 0.0277 e. The van der Waals surface area contributed by atoms with Gasteiger partial charge in [-0.05, 0) is 17.4 Å². The summed E-state index contributed by atoms with van der Waals surface area (Å²) in [6, 6.07) is 10.5. The van der Waals surface area contributed by atoms with Crippen molar-refractivity contribution in [2.75, 3.05) is 5.88 Å². The summed E-state index contributed by atoms with van der Waals surface area (Å²) in [5, 5.41) is 0. The van der Waals surface area contributed by atoms with E-state index in [0.29, 0.717) is 5.88 Å². The summed E-state index contributed by atoms with van der Waals surface area (Å²) >= 11 is 5.84. The van der Waals surface area contributed by atoms with Gasteiger partial charge in [0.25, 0.3) is 0 Å². The fourth-order valence-corrected chi connectivity index (χ4v) is 1.29. The van der Waals surface area contributed by atoms with Crippen LogP contribution < -0.4 is 0 Å². The van der Waals surface area contributed by atoms with Crippen molar-refractivity contribution in [2.24, 2.45) is 5.41 Å². The summed E-state index contributed by atoms with van der Waals surface area (Å²) < 4.78 is 0. The van der Waals surface area contributed by atoms with E-state index >= 15 is 0 Å². The van der Waals surface area contributed by atoms with Gasteiger partial charge in [-0.15, -0.1) is 11.6 Å². The molecule has 1 heteroatoms. The van der Waals surface area contributed by atoms with E-state index in [9.17, 15) is 0 Å². The van der Waals surface area contributed by atoms with Gasteiger partial charge in [0.05, 0.1) is 0 Å². The van der Waals surface area contributed by atoms with Gasteiger partial charge < -0.3 is 0 Å². The van der Waals surface area contributed by atoms with Crippen LogP contribution in [0.5, 0.6) is 0 Å². The molecule has 0 atom stereocenters. The minimum atomic E-state index is 0.211. The average Bonchev–Trinajstić information content (AvgIpc) is 2.06. The lowest BCUT2D eigenvalue weighted by Crippen LogP contribution is -2.16. The quantitative estimate of drug-likeness (QED) is 0.628. The highest BCUT2D eigenvalue weighted by atomic mass is 35.5. The molecule has 0 aliphatic heterocycles. The molecule has 0 amide bonds. The number of alkyl halides is 1. The van der Waals surface area contributed by atoms with Crippen molar-refractivity contribution in [3.8, 4) is 0 Å². The molecule has 1 aromatic rings. The zero-order valence-corrected chi connectivity index (χ0v) is 8.43. The van der Waals surface area contributed by atoms with Crippen molar-refractivity contribution < 1.29 is 0 Å². The Labute approximate surface area is 79.6 Å². The Morgan fingerprint density at radius 3 is 2.25 bits per heavy atom. The van der Waals surface area contributed by atoms with Crippen molar-refractivity contribution >= 4 is 11.6 Å². The largest absolute Gasteiger partial charge is 0.126 e. The predicted molar refractivity (Wildman–Crippen MR) is 54.6 cm³/mol. The fraction of sp³-hybridized carbons (Fsp3) is 0.455. The molecule has 0 bridgehead atoms. The zero-order valence-electron chi connectivity index (χ0n) is 7.68. The highest BCUT2D eigenvalue weighted by Crippen LogP contribution is 2.22. The minimum Gasteiger partial charge on any atom is -0.126 e. The molecule has 0 aliphatic carbocycles. The van der Waals surface area contributed by atoms with Crippen LogP contribution in [0.2, 0.25) is 0 Å². The molecule has 0 saturated carbocycles. The van der Waals surface area contributed by atoms with Crippen molar-refractivity contribution in [3.63, 3.8) is 0 Å². The summed E-state index contributed by atoms with van der Waals surface area (Å²) in [5.41, 5.74) is 1.58. The van der Waals surface area contributed by atoms with E-state index in [-0.39, 0.29) is 5.41 Å². The molecule has 0 N–H and O–H groups in total. The Morgan fingerprint density at radius 1 is 1.17 bits per heavy atom. The standard InChI is InChI=1S/C11H15Cl/c1-11(2,9-12)8-10-6-4-3-5-7-10/h3-7H,8-9H2,1-2H3.